The molecule has 8 heteroatoms. The number of oxazole rings is 1. The number of aromatic nitrogens is 3. The summed E-state index contributed by atoms with van der Waals surface area (Å²) in [6, 6.07) is 4.56. The Morgan fingerprint density at radius 3 is 2.82 bits per heavy atom. The molecule has 3 aromatic rings. The van der Waals surface area contributed by atoms with Crippen LogP contribution in [0, 0.1) is 0 Å². The van der Waals surface area contributed by atoms with Crippen LogP contribution < -0.4 is 5.73 Å². The Labute approximate surface area is 123 Å². The first-order valence-electron chi connectivity index (χ1n) is 6.63. The minimum atomic E-state index is -4.22. The van der Waals surface area contributed by atoms with Crippen LogP contribution >= 0.6 is 0 Å². The monoisotopic (exact) mass is 310 g/mol. The minimum absolute atomic E-state index is 0.210. The summed E-state index contributed by atoms with van der Waals surface area (Å²) in [5.74, 6) is 0.938. The number of nitrogens with one attached hydrogen (secondary N) is 1. The lowest BCUT2D eigenvalue weighted by Crippen LogP contribution is -2.16. The van der Waals surface area contributed by atoms with Gasteiger partial charge in [-0.05, 0) is 24.6 Å². The van der Waals surface area contributed by atoms with Crippen LogP contribution in [-0.4, -0.2) is 21.1 Å². The van der Waals surface area contributed by atoms with Crippen LogP contribution in [-0.2, 0) is 0 Å². The van der Waals surface area contributed by atoms with Crippen LogP contribution in [0.3, 0.4) is 0 Å². The van der Waals surface area contributed by atoms with Gasteiger partial charge in [0.15, 0.2) is 12.2 Å². The number of H-pyrrole nitrogens is 1. The highest BCUT2D eigenvalue weighted by Gasteiger charge is 2.28. The van der Waals surface area contributed by atoms with Gasteiger partial charge in [-0.25, -0.2) is 9.97 Å². The highest BCUT2D eigenvalue weighted by molar-refractivity contribution is 5.80. The number of imidazole rings is 1. The maximum atomic E-state index is 12.2. The number of halogens is 3. The van der Waals surface area contributed by atoms with Crippen molar-refractivity contribution in [2.24, 2.45) is 5.73 Å². The third-order valence-electron chi connectivity index (χ3n) is 3.31. The average Bonchev–Trinajstić information content (AvgIpc) is 3.11. The van der Waals surface area contributed by atoms with E-state index in [1.54, 1.807) is 24.4 Å². The van der Waals surface area contributed by atoms with Crippen molar-refractivity contribution in [1.82, 2.24) is 15.0 Å². The predicted octanol–water partition coefficient (Wildman–Crippen LogP) is 3.56. The summed E-state index contributed by atoms with van der Waals surface area (Å²) >= 11 is 0. The summed E-state index contributed by atoms with van der Waals surface area (Å²) in [6.07, 6.45) is -2.46. The Morgan fingerprint density at radius 2 is 2.14 bits per heavy atom. The van der Waals surface area contributed by atoms with Crippen molar-refractivity contribution in [3.63, 3.8) is 0 Å². The smallest absolute Gasteiger partial charge is 0.389 e. The maximum absolute atomic E-state index is 12.2. The van der Waals surface area contributed by atoms with Gasteiger partial charge in [0, 0.05) is 12.0 Å². The maximum Gasteiger partial charge on any atom is 0.389 e. The topological polar surface area (TPSA) is 80.7 Å². The van der Waals surface area contributed by atoms with E-state index in [0.29, 0.717) is 22.6 Å². The lowest BCUT2D eigenvalue weighted by molar-refractivity contribution is -0.136. The van der Waals surface area contributed by atoms with Gasteiger partial charge >= 0.3 is 6.18 Å². The van der Waals surface area contributed by atoms with Crippen LogP contribution in [0.2, 0.25) is 0 Å². The number of benzene rings is 1. The molecule has 1 atom stereocenters. The molecule has 1 aromatic carbocycles. The highest BCUT2D eigenvalue weighted by atomic mass is 19.4. The molecule has 0 spiro atoms. The van der Waals surface area contributed by atoms with Gasteiger partial charge in [-0.2, -0.15) is 13.2 Å². The van der Waals surface area contributed by atoms with Gasteiger partial charge in [-0.3, -0.25) is 0 Å². The van der Waals surface area contributed by atoms with Crippen molar-refractivity contribution in [3.05, 3.63) is 36.6 Å². The molecule has 0 aliphatic heterocycles. The van der Waals surface area contributed by atoms with E-state index in [-0.39, 0.29) is 6.42 Å². The molecule has 2 aromatic heterocycles. The fraction of sp³-hybridized carbons (Fsp3) is 0.286. The van der Waals surface area contributed by atoms with Crippen molar-refractivity contribution in [2.75, 3.05) is 0 Å². The predicted molar refractivity (Wildman–Crippen MR) is 73.8 cm³/mol. The lowest BCUT2D eigenvalue weighted by atomic mass is 10.1. The van der Waals surface area contributed by atoms with Crippen molar-refractivity contribution >= 4 is 11.0 Å². The zero-order valence-electron chi connectivity index (χ0n) is 11.4. The molecule has 3 N–H and O–H groups in total. The van der Waals surface area contributed by atoms with Crippen LogP contribution in [0.25, 0.3) is 22.4 Å². The third-order valence-corrected chi connectivity index (χ3v) is 3.31. The highest BCUT2D eigenvalue weighted by Crippen LogP contribution is 2.27. The molecular weight excluding hydrogens is 297 g/mol. The van der Waals surface area contributed by atoms with E-state index in [2.05, 4.69) is 15.0 Å². The van der Waals surface area contributed by atoms with Gasteiger partial charge in [0.2, 0.25) is 0 Å². The summed E-state index contributed by atoms with van der Waals surface area (Å²) < 4.78 is 41.9. The third kappa shape index (κ3) is 3.11. The van der Waals surface area contributed by atoms with Crippen molar-refractivity contribution in [1.29, 1.82) is 0 Å². The van der Waals surface area contributed by atoms with Crippen molar-refractivity contribution < 1.29 is 17.6 Å². The van der Waals surface area contributed by atoms with E-state index in [0.717, 1.165) is 5.56 Å². The Bertz CT molecular complexity index is 764. The Balaban J connectivity index is 1.83. The number of nitrogens with zero attached hydrogens (tertiary/aromatic N) is 2. The van der Waals surface area contributed by atoms with E-state index in [1.807, 2.05) is 0 Å². The molecule has 0 saturated heterocycles. The quantitative estimate of drug-likeness (QED) is 0.772. The molecule has 22 heavy (non-hydrogen) atoms. The van der Waals surface area contributed by atoms with Crippen LogP contribution in [0.1, 0.15) is 24.7 Å². The largest absolute Gasteiger partial charge is 0.444 e. The second-order valence-electron chi connectivity index (χ2n) is 4.98. The molecule has 0 aliphatic rings. The van der Waals surface area contributed by atoms with Crippen molar-refractivity contribution in [3.8, 4) is 11.3 Å². The summed E-state index contributed by atoms with van der Waals surface area (Å²) in [6.45, 7) is 0. The standard InChI is InChI=1S/C14H13F3N4O/c15-14(16,17)4-3-9(18)13-20-10-2-1-8(5-11(10)21-13)12-6-19-7-22-12/h1-2,5-7,9H,3-4,18H2,(H,20,21). The van der Waals surface area contributed by atoms with E-state index in [9.17, 15) is 13.2 Å². The second kappa shape index (κ2) is 5.45. The molecule has 0 aliphatic carbocycles. The Morgan fingerprint density at radius 1 is 1.32 bits per heavy atom. The van der Waals surface area contributed by atoms with E-state index >= 15 is 0 Å². The number of hydrogen-bond donors (Lipinski definition) is 2. The SMILES string of the molecule is NC(CCC(F)(F)F)c1nc2ccc(-c3cnco3)cc2[nH]1. The van der Waals surface area contributed by atoms with Crippen LogP contribution in [0.5, 0.6) is 0 Å². The first-order chi connectivity index (χ1) is 10.4. The molecule has 0 fully saturated rings. The number of fused-ring (bicyclic) bond motifs is 1. The fourth-order valence-electron chi connectivity index (χ4n) is 2.17. The molecular formula is C14H13F3N4O. The molecule has 116 valence electrons. The molecule has 0 bridgehead atoms. The first kappa shape index (κ1) is 14.6. The lowest BCUT2D eigenvalue weighted by Gasteiger charge is -2.10. The number of nitrogens with two attached hydrogens (primary N) is 1. The number of hydrogen-bond acceptors (Lipinski definition) is 4. The zero-order chi connectivity index (χ0) is 15.7. The summed E-state index contributed by atoms with van der Waals surface area (Å²) in [5, 5.41) is 0. The summed E-state index contributed by atoms with van der Waals surface area (Å²) in [4.78, 5) is 11.1. The van der Waals surface area contributed by atoms with Gasteiger partial charge in [0.25, 0.3) is 0 Å². The zero-order valence-corrected chi connectivity index (χ0v) is 11.4. The first-order valence-corrected chi connectivity index (χ1v) is 6.63. The number of alkyl halides is 3. The molecule has 3 rings (SSSR count). The average molecular weight is 310 g/mol. The van der Waals surface area contributed by atoms with Gasteiger partial charge in [-0.1, -0.05) is 0 Å². The molecule has 0 amide bonds. The summed E-state index contributed by atoms with van der Waals surface area (Å²) in [7, 11) is 0. The van der Waals surface area contributed by atoms with Gasteiger partial charge in [0.05, 0.1) is 23.3 Å². The van der Waals surface area contributed by atoms with E-state index in [4.69, 9.17) is 10.2 Å². The second-order valence-corrected chi connectivity index (χ2v) is 4.98. The van der Waals surface area contributed by atoms with Gasteiger partial charge in [-0.15, -0.1) is 0 Å². The van der Waals surface area contributed by atoms with E-state index < -0.39 is 18.6 Å². The molecule has 2 heterocycles. The molecule has 0 radical (unpaired) electrons. The Kier molecular flexibility index (Phi) is 3.61. The number of rotatable bonds is 4. The molecule has 5 nitrogen and oxygen atoms in total. The van der Waals surface area contributed by atoms with E-state index in [1.165, 1.54) is 6.39 Å². The minimum Gasteiger partial charge on any atom is -0.444 e. The Hall–Kier alpha value is -2.35. The molecule has 1 unspecified atom stereocenters. The van der Waals surface area contributed by atoms with Crippen LogP contribution in [0.4, 0.5) is 13.2 Å². The fourth-order valence-corrected chi connectivity index (χ4v) is 2.17. The normalized spacial score (nSPS) is 13.6. The van der Waals surface area contributed by atoms with Crippen LogP contribution in [0.15, 0.2) is 35.2 Å². The van der Waals surface area contributed by atoms with Gasteiger partial charge in [0.1, 0.15) is 5.82 Å². The van der Waals surface area contributed by atoms with Gasteiger partial charge < -0.3 is 15.1 Å². The number of aromatic amines is 1. The summed E-state index contributed by atoms with van der Waals surface area (Å²) in [5.41, 5.74) is 7.90. The molecule has 0 saturated carbocycles. The van der Waals surface area contributed by atoms with Crippen molar-refractivity contribution in [2.45, 2.75) is 25.1 Å².